The van der Waals surface area contributed by atoms with E-state index in [9.17, 15) is 4.79 Å². The molecule has 0 atom stereocenters. The van der Waals surface area contributed by atoms with Crippen molar-refractivity contribution < 1.29 is 9.90 Å². The molecule has 0 fully saturated rings. The van der Waals surface area contributed by atoms with Crippen molar-refractivity contribution in [2.45, 2.75) is 19.8 Å². The number of rotatable bonds is 4. The molecule has 2 N–H and O–H groups in total. The quantitative estimate of drug-likeness (QED) is 0.765. The lowest BCUT2D eigenvalue weighted by Crippen LogP contribution is -2.12. The van der Waals surface area contributed by atoms with Crippen LogP contribution < -0.4 is 5.32 Å². The molecule has 76 valence electrons. The van der Waals surface area contributed by atoms with Gasteiger partial charge < -0.3 is 10.4 Å². The first-order valence-electron chi connectivity index (χ1n) is 4.51. The number of pyridine rings is 1. The van der Waals surface area contributed by atoms with Crippen LogP contribution in [0.4, 0.5) is 5.69 Å². The number of aromatic nitrogens is 1. The maximum Gasteiger partial charge on any atom is 0.322 e. The van der Waals surface area contributed by atoms with Crippen LogP contribution in [-0.4, -0.2) is 22.6 Å². The lowest BCUT2D eigenvalue weighted by atomic mass is 10.1. The van der Waals surface area contributed by atoms with Crippen LogP contribution in [0.15, 0.2) is 18.3 Å². The number of anilines is 1. The number of carboxylic acid groups (broad SMARTS) is 1. The van der Waals surface area contributed by atoms with Gasteiger partial charge in [-0.15, -0.1) is 0 Å². The Morgan fingerprint density at radius 2 is 2.36 bits per heavy atom. The average molecular weight is 194 g/mol. The topological polar surface area (TPSA) is 62.2 Å². The van der Waals surface area contributed by atoms with E-state index < -0.39 is 5.97 Å². The van der Waals surface area contributed by atoms with E-state index in [0.29, 0.717) is 5.92 Å². The summed E-state index contributed by atoms with van der Waals surface area (Å²) < 4.78 is 0. The molecule has 4 heteroatoms. The molecule has 1 aromatic heterocycles. The summed E-state index contributed by atoms with van der Waals surface area (Å²) in [6, 6.07) is 3.63. The fourth-order valence-corrected chi connectivity index (χ4v) is 1.05. The van der Waals surface area contributed by atoms with Gasteiger partial charge in [0.1, 0.15) is 6.54 Å². The molecule has 0 aliphatic carbocycles. The zero-order valence-electron chi connectivity index (χ0n) is 8.32. The van der Waals surface area contributed by atoms with Gasteiger partial charge >= 0.3 is 5.97 Å². The first kappa shape index (κ1) is 10.5. The van der Waals surface area contributed by atoms with Gasteiger partial charge in [-0.05, 0) is 18.1 Å². The number of hydrogen-bond donors (Lipinski definition) is 2. The third kappa shape index (κ3) is 3.05. The predicted molar refractivity (Wildman–Crippen MR) is 54.5 cm³/mol. The number of aliphatic carboxylic acids is 1. The van der Waals surface area contributed by atoms with Crippen LogP contribution in [0.3, 0.4) is 0 Å². The Balaban J connectivity index is 2.68. The van der Waals surface area contributed by atoms with Gasteiger partial charge in [-0.3, -0.25) is 9.78 Å². The van der Waals surface area contributed by atoms with Crippen LogP contribution in [0.2, 0.25) is 0 Å². The van der Waals surface area contributed by atoms with Crippen LogP contribution in [-0.2, 0) is 4.79 Å². The van der Waals surface area contributed by atoms with Crippen molar-refractivity contribution in [1.29, 1.82) is 0 Å². The molecule has 0 aliphatic rings. The lowest BCUT2D eigenvalue weighted by molar-refractivity contribution is -0.134. The van der Waals surface area contributed by atoms with Gasteiger partial charge in [0.05, 0.1) is 0 Å². The highest BCUT2D eigenvalue weighted by Crippen LogP contribution is 2.15. The van der Waals surface area contributed by atoms with Gasteiger partial charge in [-0.1, -0.05) is 13.8 Å². The van der Waals surface area contributed by atoms with E-state index in [1.807, 2.05) is 19.9 Å². The van der Waals surface area contributed by atoms with Crippen molar-refractivity contribution in [3.63, 3.8) is 0 Å². The Kier molecular flexibility index (Phi) is 3.45. The maximum atomic E-state index is 10.3. The molecule has 0 aliphatic heterocycles. The number of carbonyl (C=O) groups is 1. The van der Waals surface area contributed by atoms with Crippen LogP contribution in [0.5, 0.6) is 0 Å². The Morgan fingerprint density at radius 3 is 2.93 bits per heavy atom. The second kappa shape index (κ2) is 4.60. The minimum atomic E-state index is -0.868. The van der Waals surface area contributed by atoms with E-state index in [1.54, 1.807) is 12.3 Å². The highest BCUT2D eigenvalue weighted by Gasteiger charge is 2.02. The molecule has 0 aromatic carbocycles. The zero-order chi connectivity index (χ0) is 10.6. The number of carboxylic acids is 1. The van der Waals surface area contributed by atoms with Crippen molar-refractivity contribution in [3.05, 3.63) is 24.0 Å². The van der Waals surface area contributed by atoms with E-state index in [2.05, 4.69) is 10.3 Å². The summed E-state index contributed by atoms with van der Waals surface area (Å²) in [5, 5.41) is 11.3. The summed E-state index contributed by atoms with van der Waals surface area (Å²) >= 11 is 0. The molecule has 1 aromatic rings. The smallest absolute Gasteiger partial charge is 0.322 e. The minimum absolute atomic E-state index is 0.0679. The Labute approximate surface area is 83.0 Å². The minimum Gasteiger partial charge on any atom is -0.480 e. The standard InChI is InChI=1S/C10H14N2O2/c1-7(2)9-5-8(3-4-11-9)12-6-10(13)14/h3-5,7H,6H2,1-2H3,(H,11,12)(H,13,14). The molecule has 0 spiro atoms. The Morgan fingerprint density at radius 1 is 1.64 bits per heavy atom. The largest absolute Gasteiger partial charge is 0.480 e. The number of nitrogens with zero attached hydrogens (tertiary/aromatic N) is 1. The first-order chi connectivity index (χ1) is 6.59. The molecule has 14 heavy (non-hydrogen) atoms. The summed E-state index contributed by atoms with van der Waals surface area (Å²) in [5.74, 6) is -0.519. The van der Waals surface area contributed by atoms with Gasteiger partial charge in [0, 0.05) is 17.6 Å². The summed E-state index contributed by atoms with van der Waals surface area (Å²) in [7, 11) is 0. The third-order valence-corrected chi connectivity index (χ3v) is 1.82. The number of hydrogen-bond acceptors (Lipinski definition) is 3. The average Bonchev–Trinajstić information content (AvgIpc) is 2.15. The predicted octanol–water partition coefficient (Wildman–Crippen LogP) is 1.70. The van der Waals surface area contributed by atoms with E-state index in [1.165, 1.54) is 0 Å². The van der Waals surface area contributed by atoms with Crippen molar-refractivity contribution >= 4 is 11.7 Å². The SMILES string of the molecule is CC(C)c1cc(NCC(=O)O)ccn1. The van der Waals surface area contributed by atoms with Gasteiger partial charge in [0.2, 0.25) is 0 Å². The molecular weight excluding hydrogens is 180 g/mol. The van der Waals surface area contributed by atoms with Crippen LogP contribution >= 0.6 is 0 Å². The zero-order valence-corrected chi connectivity index (χ0v) is 8.32. The fourth-order valence-electron chi connectivity index (χ4n) is 1.05. The normalized spacial score (nSPS) is 10.2. The van der Waals surface area contributed by atoms with Gasteiger partial charge in [0.25, 0.3) is 0 Å². The second-order valence-corrected chi connectivity index (χ2v) is 3.37. The summed E-state index contributed by atoms with van der Waals surface area (Å²) in [5.41, 5.74) is 1.76. The summed E-state index contributed by atoms with van der Waals surface area (Å²) in [6.07, 6.45) is 1.68. The molecule has 0 unspecified atom stereocenters. The van der Waals surface area contributed by atoms with Gasteiger partial charge in [-0.2, -0.15) is 0 Å². The number of nitrogens with one attached hydrogen (secondary N) is 1. The molecule has 0 saturated carbocycles. The molecule has 0 radical (unpaired) electrons. The monoisotopic (exact) mass is 194 g/mol. The van der Waals surface area contributed by atoms with Crippen molar-refractivity contribution in [2.24, 2.45) is 0 Å². The first-order valence-corrected chi connectivity index (χ1v) is 4.51. The lowest BCUT2D eigenvalue weighted by Gasteiger charge is -2.07. The van der Waals surface area contributed by atoms with Crippen LogP contribution in [0.1, 0.15) is 25.5 Å². The third-order valence-electron chi connectivity index (χ3n) is 1.82. The Bertz CT molecular complexity index is 324. The van der Waals surface area contributed by atoms with Crippen LogP contribution in [0.25, 0.3) is 0 Å². The highest BCUT2D eigenvalue weighted by atomic mass is 16.4. The van der Waals surface area contributed by atoms with E-state index >= 15 is 0 Å². The van der Waals surface area contributed by atoms with E-state index in [-0.39, 0.29) is 6.54 Å². The molecule has 1 heterocycles. The van der Waals surface area contributed by atoms with Crippen LogP contribution in [0, 0.1) is 0 Å². The van der Waals surface area contributed by atoms with E-state index in [0.717, 1.165) is 11.4 Å². The fraction of sp³-hybridized carbons (Fsp3) is 0.400. The maximum absolute atomic E-state index is 10.3. The molecule has 0 bridgehead atoms. The second-order valence-electron chi connectivity index (χ2n) is 3.37. The Hall–Kier alpha value is -1.58. The summed E-state index contributed by atoms with van der Waals surface area (Å²) in [6.45, 7) is 4.02. The molecule has 4 nitrogen and oxygen atoms in total. The summed E-state index contributed by atoms with van der Waals surface area (Å²) in [4.78, 5) is 14.5. The van der Waals surface area contributed by atoms with Gasteiger partial charge in [0.15, 0.2) is 0 Å². The van der Waals surface area contributed by atoms with Crippen molar-refractivity contribution in [1.82, 2.24) is 4.98 Å². The highest BCUT2D eigenvalue weighted by molar-refractivity contribution is 5.72. The van der Waals surface area contributed by atoms with Crippen molar-refractivity contribution in [2.75, 3.05) is 11.9 Å². The molecule has 0 saturated heterocycles. The van der Waals surface area contributed by atoms with Gasteiger partial charge in [-0.25, -0.2) is 0 Å². The van der Waals surface area contributed by atoms with Crippen molar-refractivity contribution in [3.8, 4) is 0 Å². The molecule has 1 rings (SSSR count). The molecule has 0 amide bonds. The molecular formula is C10H14N2O2. The van der Waals surface area contributed by atoms with E-state index in [4.69, 9.17) is 5.11 Å².